The number of benzene rings is 2. The molecule has 2 heterocycles. The van der Waals surface area contributed by atoms with Gasteiger partial charge in [0.15, 0.2) is 0 Å². The average Bonchev–Trinajstić information content (AvgIpc) is 2.74. The Hall–Kier alpha value is -2.82. The molecule has 0 saturated carbocycles. The summed E-state index contributed by atoms with van der Waals surface area (Å²) in [5.41, 5.74) is 2.80. The molecule has 0 unspecified atom stereocenters. The van der Waals surface area contributed by atoms with E-state index in [1.165, 1.54) is 0 Å². The SMILES string of the molecule is Cc1ccccc1C(=O)N1CCC(C(=O)N[C@H]2CCOc3ccccc32)CC1. The quantitative estimate of drug-likeness (QED) is 0.889. The standard InChI is InChI=1S/C23H26N2O3/c1-16-6-2-3-7-18(16)23(27)25-13-10-17(11-14-25)22(26)24-20-12-15-28-21-9-5-4-8-19(20)21/h2-9,17,20H,10-15H2,1H3,(H,24,26)/t20-/m0/s1. The highest BCUT2D eigenvalue weighted by atomic mass is 16.5. The van der Waals surface area contributed by atoms with Gasteiger partial charge in [-0.25, -0.2) is 0 Å². The fraction of sp³-hybridized carbons (Fsp3) is 0.391. The number of fused-ring (bicyclic) bond motifs is 1. The monoisotopic (exact) mass is 378 g/mol. The molecule has 28 heavy (non-hydrogen) atoms. The molecule has 146 valence electrons. The van der Waals surface area contributed by atoms with E-state index in [0.29, 0.717) is 32.5 Å². The number of piperidine rings is 1. The van der Waals surface area contributed by atoms with Crippen LogP contribution in [0.1, 0.15) is 46.8 Å². The van der Waals surface area contributed by atoms with Crippen molar-refractivity contribution in [3.63, 3.8) is 0 Å². The lowest BCUT2D eigenvalue weighted by atomic mass is 9.93. The van der Waals surface area contributed by atoms with Crippen molar-refractivity contribution in [2.24, 2.45) is 5.92 Å². The van der Waals surface area contributed by atoms with E-state index in [-0.39, 0.29) is 23.8 Å². The van der Waals surface area contributed by atoms with Crippen LogP contribution >= 0.6 is 0 Å². The largest absolute Gasteiger partial charge is 0.493 e. The Balaban J connectivity index is 1.35. The molecule has 0 radical (unpaired) electrons. The minimum atomic E-state index is -0.0454. The molecule has 2 aromatic rings. The second-order valence-electron chi connectivity index (χ2n) is 7.62. The molecule has 1 atom stereocenters. The van der Waals surface area contributed by atoms with Crippen molar-refractivity contribution in [1.82, 2.24) is 10.2 Å². The summed E-state index contributed by atoms with van der Waals surface area (Å²) in [5.74, 6) is 0.966. The summed E-state index contributed by atoms with van der Waals surface area (Å²) in [6.07, 6.45) is 2.19. The normalized spacial score (nSPS) is 19.5. The van der Waals surface area contributed by atoms with Gasteiger partial charge in [0.25, 0.3) is 5.91 Å². The van der Waals surface area contributed by atoms with Crippen LogP contribution in [0.5, 0.6) is 5.75 Å². The highest BCUT2D eigenvalue weighted by molar-refractivity contribution is 5.95. The lowest BCUT2D eigenvalue weighted by molar-refractivity contribution is -0.127. The highest BCUT2D eigenvalue weighted by Gasteiger charge is 2.30. The Kier molecular flexibility index (Phi) is 5.33. The predicted molar refractivity (Wildman–Crippen MR) is 107 cm³/mol. The first-order valence-electron chi connectivity index (χ1n) is 10.0. The third-order valence-corrected chi connectivity index (χ3v) is 5.80. The number of aryl methyl sites for hydroxylation is 1. The molecule has 0 spiro atoms. The maximum atomic E-state index is 12.8. The zero-order valence-corrected chi connectivity index (χ0v) is 16.2. The molecule has 5 nitrogen and oxygen atoms in total. The van der Waals surface area contributed by atoms with Gasteiger partial charge in [0.1, 0.15) is 5.75 Å². The first-order valence-corrected chi connectivity index (χ1v) is 10.0. The molecule has 1 N–H and O–H groups in total. The molecule has 1 fully saturated rings. The second kappa shape index (κ2) is 8.05. The molecule has 0 bridgehead atoms. The average molecular weight is 378 g/mol. The van der Waals surface area contributed by atoms with E-state index >= 15 is 0 Å². The number of nitrogens with one attached hydrogen (secondary N) is 1. The number of carbonyl (C=O) groups excluding carboxylic acids is 2. The van der Waals surface area contributed by atoms with Gasteiger partial charge in [-0.05, 0) is 37.5 Å². The van der Waals surface area contributed by atoms with Crippen molar-refractivity contribution in [1.29, 1.82) is 0 Å². The third-order valence-electron chi connectivity index (χ3n) is 5.80. The summed E-state index contributed by atoms with van der Waals surface area (Å²) in [7, 11) is 0. The van der Waals surface area contributed by atoms with Gasteiger partial charge in [0, 0.05) is 36.6 Å². The number of ether oxygens (including phenoxy) is 1. The summed E-state index contributed by atoms with van der Waals surface area (Å²) >= 11 is 0. The van der Waals surface area contributed by atoms with E-state index in [0.717, 1.165) is 28.9 Å². The Morgan fingerprint density at radius 2 is 1.71 bits per heavy atom. The number of hydrogen-bond donors (Lipinski definition) is 1. The van der Waals surface area contributed by atoms with Crippen LogP contribution in [0.4, 0.5) is 0 Å². The van der Waals surface area contributed by atoms with Gasteiger partial charge in [-0.3, -0.25) is 9.59 Å². The summed E-state index contributed by atoms with van der Waals surface area (Å²) in [6, 6.07) is 15.6. The van der Waals surface area contributed by atoms with Gasteiger partial charge in [-0.2, -0.15) is 0 Å². The van der Waals surface area contributed by atoms with E-state index in [9.17, 15) is 9.59 Å². The molecular weight excluding hydrogens is 352 g/mol. The Morgan fingerprint density at radius 3 is 2.50 bits per heavy atom. The van der Waals surface area contributed by atoms with E-state index in [1.54, 1.807) is 0 Å². The molecule has 5 heteroatoms. The smallest absolute Gasteiger partial charge is 0.254 e. The zero-order chi connectivity index (χ0) is 19.5. The van der Waals surface area contributed by atoms with E-state index in [4.69, 9.17) is 4.74 Å². The first-order chi connectivity index (χ1) is 13.6. The summed E-state index contributed by atoms with van der Waals surface area (Å²) in [4.78, 5) is 27.5. The Morgan fingerprint density at radius 1 is 1.00 bits per heavy atom. The lowest BCUT2D eigenvalue weighted by Gasteiger charge is -2.33. The summed E-state index contributed by atoms with van der Waals surface area (Å²) in [6.45, 7) is 3.82. The first kappa shape index (κ1) is 18.5. The maximum absolute atomic E-state index is 12.8. The van der Waals surface area contributed by atoms with Crippen LogP contribution in [-0.4, -0.2) is 36.4 Å². The van der Waals surface area contributed by atoms with Crippen molar-refractivity contribution in [3.8, 4) is 5.75 Å². The van der Waals surface area contributed by atoms with Crippen molar-refractivity contribution >= 4 is 11.8 Å². The van der Waals surface area contributed by atoms with Crippen molar-refractivity contribution in [2.45, 2.75) is 32.2 Å². The molecular formula is C23H26N2O3. The van der Waals surface area contributed by atoms with E-state index in [1.807, 2.05) is 60.4 Å². The third kappa shape index (κ3) is 3.75. The molecule has 2 aliphatic rings. The van der Waals surface area contributed by atoms with Crippen LogP contribution in [-0.2, 0) is 4.79 Å². The Labute approximate surface area is 165 Å². The van der Waals surface area contributed by atoms with Crippen LogP contribution < -0.4 is 10.1 Å². The van der Waals surface area contributed by atoms with Gasteiger partial charge < -0.3 is 15.0 Å². The van der Waals surface area contributed by atoms with Crippen LogP contribution in [0.3, 0.4) is 0 Å². The predicted octanol–water partition coefficient (Wildman–Crippen LogP) is 3.49. The van der Waals surface area contributed by atoms with Gasteiger partial charge >= 0.3 is 0 Å². The van der Waals surface area contributed by atoms with Gasteiger partial charge in [0.05, 0.1) is 12.6 Å². The van der Waals surface area contributed by atoms with Gasteiger partial charge in [0.2, 0.25) is 5.91 Å². The number of rotatable bonds is 3. The molecule has 0 aromatic heterocycles. The topological polar surface area (TPSA) is 58.6 Å². The van der Waals surface area contributed by atoms with Gasteiger partial charge in [-0.1, -0.05) is 36.4 Å². The van der Waals surface area contributed by atoms with Crippen molar-refractivity contribution < 1.29 is 14.3 Å². The zero-order valence-electron chi connectivity index (χ0n) is 16.2. The van der Waals surface area contributed by atoms with Crippen LogP contribution in [0.25, 0.3) is 0 Å². The van der Waals surface area contributed by atoms with Crippen molar-refractivity contribution in [3.05, 3.63) is 65.2 Å². The molecule has 1 saturated heterocycles. The second-order valence-corrected chi connectivity index (χ2v) is 7.62. The molecule has 2 amide bonds. The minimum Gasteiger partial charge on any atom is -0.493 e. The summed E-state index contributed by atoms with van der Waals surface area (Å²) < 4.78 is 5.68. The fourth-order valence-corrected chi connectivity index (χ4v) is 4.11. The van der Waals surface area contributed by atoms with E-state index in [2.05, 4.69) is 5.32 Å². The lowest BCUT2D eigenvalue weighted by Crippen LogP contribution is -2.44. The Bertz CT molecular complexity index is 872. The number of likely N-dealkylation sites (tertiary alicyclic amines) is 1. The fourth-order valence-electron chi connectivity index (χ4n) is 4.11. The number of amides is 2. The van der Waals surface area contributed by atoms with E-state index < -0.39 is 0 Å². The minimum absolute atomic E-state index is 0.00378. The van der Waals surface area contributed by atoms with Crippen LogP contribution in [0.2, 0.25) is 0 Å². The molecule has 0 aliphatic carbocycles. The molecule has 2 aromatic carbocycles. The number of para-hydroxylation sites is 1. The van der Waals surface area contributed by atoms with Crippen LogP contribution in [0.15, 0.2) is 48.5 Å². The van der Waals surface area contributed by atoms with Gasteiger partial charge in [-0.15, -0.1) is 0 Å². The maximum Gasteiger partial charge on any atom is 0.254 e. The molecule has 4 rings (SSSR count). The van der Waals surface area contributed by atoms with Crippen LogP contribution in [0, 0.1) is 12.8 Å². The summed E-state index contributed by atoms with van der Waals surface area (Å²) in [5, 5.41) is 3.21. The highest BCUT2D eigenvalue weighted by Crippen LogP contribution is 2.32. The molecule has 2 aliphatic heterocycles. The number of hydrogen-bond acceptors (Lipinski definition) is 3. The van der Waals surface area contributed by atoms with Crippen molar-refractivity contribution in [2.75, 3.05) is 19.7 Å². The number of nitrogens with zero attached hydrogens (tertiary/aromatic N) is 1. The number of carbonyl (C=O) groups is 2.